The molecule has 20 heteroatoms. The third kappa shape index (κ3) is 10.6. The Morgan fingerprint density at radius 3 is 1.85 bits per heavy atom. The maximum absolute atomic E-state index is 13.4. The second-order valence-electron chi connectivity index (χ2n) is 17.2. The van der Waals surface area contributed by atoms with E-state index < -0.39 is 17.6 Å². The number of amides is 2. The van der Waals surface area contributed by atoms with Gasteiger partial charge in [0.25, 0.3) is 11.5 Å². The van der Waals surface area contributed by atoms with Crippen LogP contribution in [0.15, 0.2) is 70.3 Å². The van der Waals surface area contributed by atoms with Crippen LogP contribution in [0.4, 0.5) is 22.5 Å². The van der Waals surface area contributed by atoms with Gasteiger partial charge in [-0.15, -0.1) is 12.4 Å². The Kier molecular flexibility index (Phi) is 14.9. The molecule has 8 rings (SSSR count). The lowest BCUT2D eigenvalue weighted by atomic mass is 10.1. The molecule has 2 amide bonds. The molecule has 6 aromatic rings. The third-order valence-electron chi connectivity index (χ3n) is 11.3. The molecule has 4 aromatic heterocycles. The fraction of sp³-hybridized carbons (Fsp3) is 0.400. The van der Waals surface area contributed by atoms with Gasteiger partial charge in [-0.3, -0.25) is 18.7 Å². The van der Waals surface area contributed by atoms with E-state index >= 15 is 0 Å². The lowest BCUT2D eigenvalue weighted by Crippen LogP contribution is -2.49. The van der Waals surface area contributed by atoms with Gasteiger partial charge in [0.1, 0.15) is 16.8 Å². The van der Waals surface area contributed by atoms with Crippen molar-refractivity contribution in [2.75, 3.05) is 36.0 Å². The Labute approximate surface area is 392 Å². The second kappa shape index (κ2) is 20.0. The molecular formula is C45H53Cl3N12O5. The van der Waals surface area contributed by atoms with Crippen molar-refractivity contribution in [1.29, 1.82) is 0 Å². The monoisotopic (exact) mass is 946 g/mol. The van der Waals surface area contributed by atoms with Gasteiger partial charge in [0.2, 0.25) is 17.7 Å². The number of fused-ring (bicyclic) bond motifs is 2. The smallest absolute Gasteiger partial charge is 0.407 e. The minimum absolute atomic E-state index is 0. The number of piperidine rings is 2. The van der Waals surface area contributed by atoms with Crippen LogP contribution in [0, 0.1) is 6.57 Å². The predicted molar refractivity (Wildman–Crippen MR) is 257 cm³/mol. The molecule has 0 spiro atoms. The van der Waals surface area contributed by atoms with Crippen LogP contribution in [-0.2, 0) is 31.9 Å². The average molecular weight is 948 g/mol. The number of rotatable bonds is 8. The van der Waals surface area contributed by atoms with E-state index in [2.05, 4.69) is 15.1 Å². The highest BCUT2D eigenvalue weighted by atomic mass is 35.5. The Morgan fingerprint density at radius 1 is 0.831 bits per heavy atom. The summed E-state index contributed by atoms with van der Waals surface area (Å²) in [6, 6.07) is 18.1. The zero-order valence-corrected chi connectivity index (χ0v) is 39.2. The van der Waals surface area contributed by atoms with E-state index in [1.54, 1.807) is 19.2 Å². The summed E-state index contributed by atoms with van der Waals surface area (Å²) in [5.41, 5.74) is 14.0. The van der Waals surface area contributed by atoms with Gasteiger partial charge in [0, 0.05) is 55.4 Å². The highest BCUT2D eigenvalue weighted by Crippen LogP contribution is 2.30. The molecule has 17 nitrogen and oxygen atoms in total. The molecule has 2 aliphatic heterocycles. The molecule has 6 heterocycles. The topological polar surface area (TPSA) is 198 Å². The van der Waals surface area contributed by atoms with Crippen LogP contribution in [0.25, 0.3) is 26.9 Å². The van der Waals surface area contributed by atoms with E-state index in [0.717, 1.165) is 43.4 Å². The Morgan fingerprint density at radius 2 is 1.34 bits per heavy atom. The zero-order valence-electron chi connectivity index (χ0n) is 36.9. The number of nitrogens with two attached hydrogens (primary N) is 2. The molecule has 0 radical (unpaired) electrons. The van der Waals surface area contributed by atoms with Crippen molar-refractivity contribution in [3.63, 3.8) is 0 Å². The molecule has 0 saturated carbocycles. The summed E-state index contributed by atoms with van der Waals surface area (Å²) in [4.78, 5) is 67.8. The highest BCUT2D eigenvalue weighted by Gasteiger charge is 2.30. The zero-order chi connectivity index (χ0) is 46.0. The number of aromatic nitrogens is 6. The number of anilines is 2. The summed E-state index contributed by atoms with van der Waals surface area (Å²) in [7, 11) is 3.12. The minimum atomic E-state index is -0.710. The fourth-order valence-electron chi connectivity index (χ4n) is 8.21. The quantitative estimate of drug-likeness (QED) is 0.144. The number of primary amides is 1. The van der Waals surface area contributed by atoms with E-state index in [-0.39, 0.29) is 47.1 Å². The van der Waals surface area contributed by atoms with Gasteiger partial charge in [0.05, 0.1) is 31.2 Å². The van der Waals surface area contributed by atoms with Gasteiger partial charge in [-0.25, -0.2) is 19.6 Å². The number of nitrogens with one attached hydrogen (secondary N) is 1. The minimum Gasteiger partial charge on any atom is -0.444 e. The van der Waals surface area contributed by atoms with Crippen LogP contribution >= 0.6 is 35.6 Å². The number of hydrogen-bond acceptors (Lipinski definition) is 10. The molecule has 2 saturated heterocycles. The molecule has 2 aliphatic rings. The maximum atomic E-state index is 13.4. The van der Waals surface area contributed by atoms with Gasteiger partial charge in [-0.1, -0.05) is 66.2 Å². The van der Waals surface area contributed by atoms with Crippen LogP contribution < -0.4 is 37.7 Å². The largest absolute Gasteiger partial charge is 0.444 e. The molecule has 5 N–H and O–H groups in total. The molecule has 0 bridgehead atoms. The molecule has 0 aliphatic carbocycles. The first-order valence-electron chi connectivity index (χ1n) is 21.0. The molecule has 0 unspecified atom stereocenters. The molecule has 2 fully saturated rings. The van der Waals surface area contributed by atoms with E-state index in [4.69, 9.17) is 55.9 Å². The molecule has 344 valence electrons. The van der Waals surface area contributed by atoms with Crippen molar-refractivity contribution in [3.8, 4) is 0 Å². The summed E-state index contributed by atoms with van der Waals surface area (Å²) < 4.78 is 11.7. The fourth-order valence-corrected chi connectivity index (χ4v) is 8.60. The number of benzene rings is 2. The first kappa shape index (κ1) is 48.4. The van der Waals surface area contributed by atoms with Crippen LogP contribution in [-0.4, -0.2) is 84.1 Å². The van der Waals surface area contributed by atoms with Crippen molar-refractivity contribution in [2.45, 2.75) is 77.2 Å². The number of halogens is 3. The Bertz CT molecular complexity index is 2910. The number of nitrogens with zero attached hydrogens (tertiary/aromatic N) is 9. The SMILES string of the molecule is Cl.Cn1c(C(N)=O)cc2nc(N3CCC[C@@H](NC(=O)OC(C)(C)C)C3)n(Cc3ccccc3Cl)c2c1=O.[C-]#[N+]c1cc2nc(N3CCC[C@@H](N)C3)n(Cc3ccccc3Cl)c2c(=O)n1C. The number of hydrogen-bond donors (Lipinski definition) is 3. The van der Waals surface area contributed by atoms with Gasteiger partial charge in [-0.05, 0) is 81.8 Å². The number of alkyl carbamates (subject to hydrolysis) is 1. The summed E-state index contributed by atoms with van der Waals surface area (Å²) in [5.74, 6) is 0.809. The number of pyridine rings is 2. The Balaban J connectivity index is 0.000000218. The number of imidazole rings is 2. The van der Waals surface area contributed by atoms with Gasteiger partial charge in [-0.2, -0.15) is 0 Å². The van der Waals surface area contributed by atoms with Gasteiger partial charge in [0.15, 0.2) is 5.52 Å². The van der Waals surface area contributed by atoms with Crippen molar-refractivity contribution in [3.05, 3.63) is 120 Å². The maximum Gasteiger partial charge on any atom is 0.407 e. The lowest BCUT2D eigenvalue weighted by molar-refractivity contribution is 0.0499. The van der Waals surface area contributed by atoms with Crippen LogP contribution in [0.3, 0.4) is 0 Å². The van der Waals surface area contributed by atoms with E-state index in [9.17, 15) is 19.2 Å². The Hall–Kier alpha value is -6.06. The average Bonchev–Trinajstić information content (AvgIpc) is 3.80. The van der Waals surface area contributed by atoms with Crippen LogP contribution in [0.5, 0.6) is 0 Å². The first-order chi connectivity index (χ1) is 30.4. The summed E-state index contributed by atoms with van der Waals surface area (Å²) in [5, 5.41) is 4.15. The highest BCUT2D eigenvalue weighted by molar-refractivity contribution is 6.31. The van der Waals surface area contributed by atoms with Crippen LogP contribution in [0.2, 0.25) is 10.0 Å². The molecular weight excluding hydrogens is 895 g/mol. The van der Waals surface area contributed by atoms with Crippen molar-refractivity contribution in [1.82, 2.24) is 33.6 Å². The predicted octanol–water partition coefficient (Wildman–Crippen LogP) is 6.37. The lowest BCUT2D eigenvalue weighted by Gasteiger charge is -2.34. The standard InChI is InChI=1S/C25H31ClN6O4.C20H21ClN6O.ClH/c1-25(2,3)36-24(35)28-16-9-7-11-31(14-16)23-29-18-12-19(21(27)33)30(4)22(34)20(18)32(23)13-15-8-5-6-10-17(15)26;1-23-17-10-16-18(19(28)25(17)2)27(11-13-6-3-4-8-15(13)21)20(24-16)26-9-5-7-14(22)12-26;/h5-6,8,10,12,16H,7,9,11,13-14H2,1-4H3,(H2,27,33)(H,28,35);3-4,6,8,10,14H,5,7,9,11-12,22H2,2H3;1H/t16-;14-;/m11./s1. The number of carbonyl (C=O) groups is 2. The van der Waals surface area contributed by atoms with Gasteiger partial charge < -0.3 is 45.3 Å². The molecule has 2 aromatic carbocycles. The van der Waals surface area contributed by atoms with Crippen molar-refractivity contribution in [2.24, 2.45) is 25.6 Å². The molecule has 2 atom stereocenters. The first-order valence-corrected chi connectivity index (χ1v) is 21.8. The van der Waals surface area contributed by atoms with E-state index in [1.165, 1.54) is 22.2 Å². The van der Waals surface area contributed by atoms with E-state index in [0.29, 0.717) is 76.7 Å². The third-order valence-corrected chi connectivity index (χ3v) is 12.1. The normalized spacial score (nSPS) is 16.4. The summed E-state index contributed by atoms with van der Waals surface area (Å²) >= 11 is 12.8. The number of carbonyl (C=O) groups excluding carboxylic acids is 2. The summed E-state index contributed by atoms with van der Waals surface area (Å²) in [6.07, 6.45) is 3.07. The second-order valence-corrected chi connectivity index (χ2v) is 18.0. The van der Waals surface area contributed by atoms with Crippen molar-refractivity contribution < 1.29 is 14.3 Å². The van der Waals surface area contributed by atoms with Gasteiger partial charge >= 0.3 is 11.7 Å². The number of ether oxygens (including phenoxy) is 1. The molecule has 65 heavy (non-hydrogen) atoms. The van der Waals surface area contributed by atoms with Crippen molar-refractivity contribution >= 4 is 87.4 Å². The summed E-state index contributed by atoms with van der Waals surface area (Å²) in [6.45, 7) is 16.2. The van der Waals surface area contributed by atoms with Crippen LogP contribution in [0.1, 0.15) is 68.1 Å². The van der Waals surface area contributed by atoms with E-state index in [1.807, 2.05) is 77.3 Å².